The Kier molecular flexibility index (Phi) is 4.38. The van der Waals surface area contributed by atoms with Crippen LogP contribution in [0.2, 0.25) is 0 Å². The minimum absolute atomic E-state index is 0.184. The van der Waals surface area contributed by atoms with Gasteiger partial charge in [0.15, 0.2) is 11.3 Å². The van der Waals surface area contributed by atoms with Gasteiger partial charge in [-0.25, -0.2) is 18.7 Å². The quantitative estimate of drug-likeness (QED) is 0.506. The summed E-state index contributed by atoms with van der Waals surface area (Å²) in [6.45, 7) is 2.00. The molecule has 2 aromatic carbocycles. The Morgan fingerprint density at radius 1 is 1.04 bits per heavy atom. The number of esters is 1. The van der Waals surface area contributed by atoms with Crippen LogP contribution in [-0.4, -0.2) is 27.2 Å². The third-order valence-electron chi connectivity index (χ3n) is 4.12. The van der Waals surface area contributed by atoms with Gasteiger partial charge >= 0.3 is 5.97 Å². The summed E-state index contributed by atoms with van der Waals surface area (Å²) in [5, 5.41) is 4.64. The van der Waals surface area contributed by atoms with Gasteiger partial charge in [-0.1, -0.05) is 30.3 Å². The molecule has 0 unspecified atom stereocenters. The maximum Gasteiger partial charge on any atom is 0.357 e. The lowest BCUT2D eigenvalue weighted by molar-refractivity contribution is 0.0519. The van der Waals surface area contributed by atoms with Crippen LogP contribution in [0, 0.1) is 5.82 Å². The third-order valence-corrected chi connectivity index (χ3v) is 4.12. The van der Waals surface area contributed by atoms with E-state index in [-0.39, 0.29) is 18.1 Å². The molecular formula is C21H16FN3O2. The van der Waals surface area contributed by atoms with E-state index in [1.807, 2.05) is 36.4 Å². The second-order valence-corrected chi connectivity index (χ2v) is 5.92. The molecule has 6 heteroatoms. The van der Waals surface area contributed by atoms with Crippen LogP contribution < -0.4 is 0 Å². The highest BCUT2D eigenvalue weighted by Gasteiger charge is 2.17. The van der Waals surface area contributed by atoms with Crippen molar-refractivity contribution in [3.63, 3.8) is 0 Å². The third kappa shape index (κ3) is 3.29. The number of carbonyl (C=O) groups excluding carboxylic acids is 1. The molecule has 0 radical (unpaired) electrons. The van der Waals surface area contributed by atoms with E-state index in [1.165, 1.54) is 12.1 Å². The first-order valence-electron chi connectivity index (χ1n) is 8.55. The van der Waals surface area contributed by atoms with Crippen LogP contribution in [0.25, 0.3) is 28.2 Å². The van der Waals surface area contributed by atoms with Crippen LogP contribution in [-0.2, 0) is 4.74 Å². The maximum atomic E-state index is 13.3. The molecule has 134 valence electrons. The molecular weight excluding hydrogens is 345 g/mol. The smallest absolute Gasteiger partial charge is 0.357 e. The molecule has 5 nitrogen and oxygen atoms in total. The summed E-state index contributed by atoms with van der Waals surface area (Å²) in [4.78, 5) is 16.6. The summed E-state index contributed by atoms with van der Waals surface area (Å²) < 4.78 is 20.1. The Hall–Kier alpha value is -3.54. The van der Waals surface area contributed by atoms with Crippen LogP contribution in [0.15, 0.2) is 66.7 Å². The minimum atomic E-state index is -0.508. The summed E-state index contributed by atoms with van der Waals surface area (Å²) >= 11 is 0. The van der Waals surface area contributed by atoms with E-state index in [1.54, 1.807) is 29.6 Å². The molecule has 0 spiro atoms. The van der Waals surface area contributed by atoms with Crippen LogP contribution in [0.1, 0.15) is 17.4 Å². The van der Waals surface area contributed by atoms with Gasteiger partial charge in [-0.3, -0.25) is 0 Å². The lowest BCUT2D eigenvalue weighted by Gasteiger charge is -2.08. The average molecular weight is 361 g/mol. The standard InChI is InChI=1S/C21H16FN3O2/c1-2-27-21(26)18-12-19(15-8-10-16(22)11-9-15)25-20(23-18)13-17(24-25)14-6-4-3-5-7-14/h3-13H,2H2,1H3. The number of nitrogens with zero attached hydrogens (tertiary/aromatic N) is 3. The molecule has 0 atom stereocenters. The van der Waals surface area contributed by atoms with E-state index in [0.717, 1.165) is 16.8 Å². The van der Waals surface area contributed by atoms with Crippen molar-refractivity contribution >= 4 is 11.6 Å². The Balaban J connectivity index is 1.93. The highest BCUT2D eigenvalue weighted by atomic mass is 19.1. The fraction of sp³-hybridized carbons (Fsp3) is 0.0952. The Labute approximate surface area is 155 Å². The van der Waals surface area contributed by atoms with E-state index in [9.17, 15) is 9.18 Å². The second-order valence-electron chi connectivity index (χ2n) is 5.92. The summed E-state index contributed by atoms with van der Waals surface area (Å²) in [6, 6.07) is 19.1. The Morgan fingerprint density at radius 3 is 2.48 bits per heavy atom. The van der Waals surface area contributed by atoms with Gasteiger partial charge in [0.1, 0.15) is 5.82 Å². The number of halogens is 1. The highest BCUT2D eigenvalue weighted by molar-refractivity contribution is 5.89. The molecule has 4 rings (SSSR count). The monoisotopic (exact) mass is 361 g/mol. The number of benzene rings is 2. The predicted molar refractivity (Wildman–Crippen MR) is 99.8 cm³/mol. The van der Waals surface area contributed by atoms with Crippen molar-refractivity contribution in [2.45, 2.75) is 6.92 Å². The first-order valence-corrected chi connectivity index (χ1v) is 8.55. The number of carbonyl (C=O) groups is 1. The molecule has 2 aromatic heterocycles. The zero-order valence-electron chi connectivity index (χ0n) is 14.6. The molecule has 0 bridgehead atoms. The summed E-state index contributed by atoms with van der Waals surface area (Å²) in [6.07, 6.45) is 0. The molecule has 0 N–H and O–H groups in total. The topological polar surface area (TPSA) is 56.5 Å². The molecule has 4 aromatic rings. The van der Waals surface area contributed by atoms with E-state index in [4.69, 9.17) is 4.74 Å². The Bertz CT molecular complexity index is 1110. The molecule has 0 aliphatic rings. The van der Waals surface area contributed by atoms with E-state index >= 15 is 0 Å². The van der Waals surface area contributed by atoms with Gasteiger partial charge in [-0.05, 0) is 37.3 Å². The molecule has 0 aliphatic heterocycles. The van der Waals surface area contributed by atoms with E-state index in [2.05, 4.69) is 10.1 Å². The first-order chi connectivity index (χ1) is 13.2. The lowest BCUT2D eigenvalue weighted by Crippen LogP contribution is -2.09. The van der Waals surface area contributed by atoms with Gasteiger partial charge in [0.25, 0.3) is 0 Å². The summed E-state index contributed by atoms with van der Waals surface area (Å²) in [7, 11) is 0. The zero-order valence-corrected chi connectivity index (χ0v) is 14.6. The highest BCUT2D eigenvalue weighted by Crippen LogP contribution is 2.25. The van der Waals surface area contributed by atoms with Gasteiger partial charge in [-0.15, -0.1) is 0 Å². The molecule has 0 saturated heterocycles. The van der Waals surface area contributed by atoms with E-state index < -0.39 is 5.97 Å². The molecule has 0 amide bonds. The van der Waals surface area contributed by atoms with Gasteiger partial charge in [0, 0.05) is 17.2 Å². The van der Waals surface area contributed by atoms with Gasteiger partial charge < -0.3 is 4.74 Å². The Morgan fingerprint density at radius 2 is 1.78 bits per heavy atom. The van der Waals surface area contributed by atoms with Crippen molar-refractivity contribution in [1.29, 1.82) is 0 Å². The maximum absolute atomic E-state index is 13.3. The number of hydrogen-bond donors (Lipinski definition) is 0. The van der Waals surface area contributed by atoms with Crippen molar-refractivity contribution in [1.82, 2.24) is 14.6 Å². The van der Waals surface area contributed by atoms with Crippen LogP contribution >= 0.6 is 0 Å². The zero-order chi connectivity index (χ0) is 18.8. The van der Waals surface area contributed by atoms with E-state index in [0.29, 0.717) is 11.3 Å². The largest absolute Gasteiger partial charge is 0.461 e. The fourth-order valence-corrected chi connectivity index (χ4v) is 2.86. The van der Waals surface area contributed by atoms with Crippen LogP contribution in [0.3, 0.4) is 0 Å². The van der Waals surface area contributed by atoms with Crippen molar-refractivity contribution in [2.24, 2.45) is 0 Å². The molecule has 2 heterocycles. The average Bonchev–Trinajstić information content (AvgIpc) is 3.13. The van der Waals surface area contributed by atoms with Crippen LogP contribution in [0.5, 0.6) is 0 Å². The first kappa shape index (κ1) is 16.9. The minimum Gasteiger partial charge on any atom is -0.461 e. The molecule has 0 fully saturated rings. The predicted octanol–water partition coefficient (Wildman–Crippen LogP) is 4.38. The number of hydrogen-bond acceptors (Lipinski definition) is 4. The van der Waals surface area contributed by atoms with Crippen molar-refractivity contribution in [3.8, 4) is 22.5 Å². The number of aromatic nitrogens is 3. The van der Waals surface area contributed by atoms with Crippen molar-refractivity contribution < 1.29 is 13.9 Å². The lowest BCUT2D eigenvalue weighted by atomic mass is 10.1. The fourth-order valence-electron chi connectivity index (χ4n) is 2.86. The molecule has 0 saturated carbocycles. The van der Waals surface area contributed by atoms with Crippen LogP contribution in [0.4, 0.5) is 4.39 Å². The summed E-state index contributed by atoms with van der Waals surface area (Å²) in [5.74, 6) is -0.842. The summed E-state index contributed by atoms with van der Waals surface area (Å²) in [5.41, 5.74) is 3.71. The number of rotatable bonds is 4. The van der Waals surface area contributed by atoms with Gasteiger partial charge in [-0.2, -0.15) is 5.10 Å². The number of fused-ring (bicyclic) bond motifs is 1. The van der Waals surface area contributed by atoms with Crippen molar-refractivity contribution in [2.75, 3.05) is 6.61 Å². The van der Waals surface area contributed by atoms with Crippen molar-refractivity contribution in [3.05, 3.63) is 78.2 Å². The molecule has 27 heavy (non-hydrogen) atoms. The normalized spacial score (nSPS) is 10.9. The van der Waals surface area contributed by atoms with Gasteiger partial charge in [0.05, 0.1) is 18.0 Å². The van der Waals surface area contributed by atoms with Gasteiger partial charge in [0.2, 0.25) is 0 Å². The second kappa shape index (κ2) is 6.99. The molecule has 0 aliphatic carbocycles. The SMILES string of the molecule is CCOC(=O)c1cc(-c2ccc(F)cc2)n2nc(-c3ccccc3)cc2n1. The number of ether oxygens (including phenoxy) is 1.